The van der Waals surface area contributed by atoms with E-state index in [2.05, 4.69) is 15.2 Å². The number of non-ortho nitro benzene ring substituents is 1. The fourth-order valence-electron chi connectivity index (χ4n) is 3.36. The highest BCUT2D eigenvalue weighted by Crippen LogP contribution is 2.32. The highest BCUT2D eigenvalue weighted by atomic mass is 32.1. The van der Waals surface area contributed by atoms with E-state index in [1.807, 2.05) is 30.3 Å². The molecule has 164 valence electrons. The second kappa shape index (κ2) is 10.3. The molecule has 0 radical (unpaired) electrons. The second-order valence-corrected chi connectivity index (χ2v) is 8.30. The predicted molar refractivity (Wildman–Crippen MR) is 124 cm³/mol. The van der Waals surface area contributed by atoms with Crippen LogP contribution in [-0.4, -0.2) is 47.0 Å². The summed E-state index contributed by atoms with van der Waals surface area (Å²) in [6.07, 6.45) is 2.90. The lowest BCUT2D eigenvalue weighted by Gasteiger charge is -2.26. The standard InChI is InChI=1S/C23H22N4O4S/c28-21(10-9-17-5-4-8-19(15-17)27(29)30)24-23-25-22(18-6-2-1-3-7-18)20(32-23)16-26-11-13-31-14-12-26/h1-10,15H,11-14,16H2,(H,24,25,28)/b10-9+. The fourth-order valence-corrected chi connectivity index (χ4v) is 4.39. The number of aromatic nitrogens is 1. The van der Waals surface area contributed by atoms with E-state index in [0.717, 1.165) is 35.8 Å². The van der Waals surface area contributed by atoms with Crippen molar-refractivity contribution in [3.8, 4) is 11.3 Å². The van der Waals surface area contributed by atoms with Gasteiger partial charge in [0.2, 0.25) is 5.91 Å². The Kier molecular flexibility index (Phi) is 7.00. The third-order valence-corrected chi connectivity index (χ3v) is 5.91. The van der Waals surface area contributed by atoms with E-state index in [0.29, 0.717) is 23.9 Å². The van der Waals surface area contributed by atoms with E-state index < -0.39 is 4.92 Å². The van der Waals surface area contributed by atoms with Crippen LogP contribution in [0.1, 0.15) is 10.4 Å². The number of hydrogen-bond acceptors (Lipinski definition) is 7. The smallest absolute Gasteiger partial charge is 0.270 e. The molecule has 32 heavy (non-hydrogen) atoms. The molecule has 1 amide bonds. The minimum Gasteiger partial charge on any atom is -0.379 e. The molecule has 2 heterocycles. The molecule has 0 spiro atoms. The maximum atomic E-state index is 12.5. The summed E-state index contributed by atoms with van der Waals surface area (Å²) in [5, 5.41) is 14.2. The molecular formula is C23H22N4O4S. The normalized spacial score (nSPS) is 14.5. The number of carbonyl (C=O) groups is 1. The molecule has 1 aliphatic heterocycles. The van der Waals surface area contributed by atoms with Gasteiger partial charge in [0.05, 0.1) is 23.8 Å². The Morgan fingerprint density at radius 2 is 1.97 bits per heavy atom. The summed E-state index contributed by atoms with van der Waals surface area (Å²) in [6, 6.07) is 16.0. The zero-order chi connectivity index (χ0) is 22.3. The van der Waals surface area contributed by atoms with Crippen molar-refractivity contribution in [2.75, 3.05) is 31.6 Å². The molecule has 1 aromatic heterocycles. The number of nitro groups is 1. The summed E-state index contributed by atoms with van der Waals surface area (Å²) in [7, 11) is 0. The van der Waals surface area contributed by atoms with Gasteiger partial charge in [0.1, 0.15) is 0 Å². The van der Waals surface area contributed by atoms with Crippen LogP contribution in [0.25, 0.3) is 17.3 Å². The van der Waals surface area contributed by atoms with Gasteiger partial charge >= 0.3 is 0 Å². The lowest BCUT2D eigenvalue weighted by Crippen LogP contribution is -2.35. The quantitative estimate of drug-likeness (QED) is 0.329. The number of amides is 1. The summed E-state index contributed by atoms with van der Waals surface area (Å²) in [6.45, 7) is 3.89. The van der Waals surface area contributed by atoms with Crippen LogP contribution in [0.15, 0.2) is 60.7 Å². The molecule has 0 bridgehead atoms. The van der Waals surface area contributed by atoms with E-state index in [1.165, 1.54) is 29.5 Å². The van der Waals surface area contributed by atoms with E-state index in [-0.39, 0.29) is 11.6 Å². The number of morpholine rings is 1. The maximum absolute atomic E-state index is 12.5. The topological polar surface area (TPSA) is 97.6 Å². The molecule has 3 aromatic rings. The van der Waals surface area contributed by atoms with Crippen molar-refractivity contribution in [1.82, 2.24) is 9.88 Å². The highest BCUT2D eigenvalue weighted by Gasteiger charge is 2.18. The van der Waals surface area contributed by atoms with Crippen molar-refractivity contribution in [2.24, 2.45) is 0 Å². The molecule has 9 heteroatoms. The summed E-state index contributed by atoms with van der Waals surface area (Å²) in [5.74, 6) is -0.345. The Hall–Kier alpha value is -3.40. The number of nitrogens with zero attached hydrogens (tertiary/aromatic N) is 3. The summed E-state index contributed by atoms with van der Waals surface area (Å²) >= 11 is 1.46. The average Bonchev–Trinajstić information content (AvgIpc) is 3.21. The molecule has 1 fully saturated rings. The number of thiazole rings is 1. The summed E-state index contributed by atoms with van der Waals surface area (Å²) in [4.78, 5) is 31.0. The van der Waals surface area contributed by atoms with Crippen molar-refractivity contribution < 1.29 is 14.5 Å². The van der Waals surface area contributed by atoms with Gasteiger partial charge in [0, 0.05) is 48.3 Å². The molecule has 1 aliphatic rings. The minimum atomic E-state index is -0.464. The number of rotatable bonds is 7. The number of nitro benzene ring substituents is 1. The molecule has 1 saturated heterocycles. The van der Waals surface area contributed by atoms with Gasteiger partial charge in [-0.3, -0.25) is 25.1 Å². The Morgan fingerprint density at radius 3 is 2.72 bits per heavy atom. The molecular weight excluding hydrogens is 428 g/mol. The van der Waals surface area contributed by atoms with Gasteiger partial charge in [-0.1, -0.05) is 53.8 Å². The van der Waals surface area contributed by atoms with Crippen LogP contribution in [-0.2, 0) is 16.1 Å². The minimum absolute atomic E-state index is 0.0206. The maximum Gasteiger partial charge on any atom is 0.270 e. The van der Waals surface area contributed by atoms with Crippen molar-refractivity contribution in [2.45, 2.75) is 6.54 Å². The van der Waals surface area contributed by atoms with Gasteiger partial charge in [0.15, 0.2) is 5.13 Å². The number of carbonyl (C=O) groups excluding carboxylic acids is 1. The molecule has 0 unspecified atom stereocenters. The van der Waals surface area contributed by atoms with Crippen LogP contribution in [0.2, 0.25) is 0 Å². The third-order valence-electron chi connectivity index (χ3n) is 4.95. The van der Waals surface area contributed by atoms with Gasteiger partial charge in [0.25, 0.3) is 5.69 Å². The monoisotopic (exact) mass is 450 g/mol. The Morgan fingerprint density at radius 1 is 1.19 bits per heavy atom. The average molecular weight is 451 g/mol. The van der Waals surface area contributed by atoms with Crippen LogP contribution in [0.3, 0.4) is 0 Å². The fraction of sp³-hybridized carbons (Fsp3) is 0.217. The zero-order valence-electron chi connectivity index (χ0n) is 17.3. The first-order valence-corrected chi connectivity index (χ1v) is 11.0. The van der Waals surface area contributed by atoms with Gasteiger partial charge in [-0.25, -0.2) is 4.98 Å². The first kappa shape index (κ1) is 21.8. The summed E-state index contributed by atoms with van der Waals surface area (Å²) in [5.41, 5.74) is 2.42. The van der Waals surface area contributed by atoms with Crippen LogP contribution in [0.4, 0.5) is 10.8 Å². The first-order chi connectivity index (χ1) is 15.6. The molecule has 8 nitrogen and oxygen atoms in total. The Bertz CT molecular complexity index is 1120. The van der Waals surface area contributed by atoms with E-state index in [4.69, 9.17) is 4.74 Å². The van der Waals surface area contributed by atoms with E-state index in [1.54, 1.807) is 18.2 Å². The summed E-state index contributed by atoms with van der Waals surface area (Å²) < 4.78 is 5.44. The third kappa shape index (κ3) is 5.64. The lowest BCUT2D eigenvalue weighted by molar-refractivity contribution is -0.384. The first-order valence-electron chi connectivity index (χ1n) is 10.2. The lowest BCUT2D eigenvalue weighted by atomic mass is 10.1. The number of anilines is 1. The number of ether oxygens (including phenoxy) is 1. The van der Waals surface area contributed by atoms with Gasteiger partial charge in [-0.05, 0) is 11.6 Å². The predicted octanol–water partition coefficient (Wildman–Crippen LogP) is 4.20. The molecule has 4 rings (SSSR count). The van der Waals surface area contributed by atoms with E-state index in [9.17, 15) is 14.9 Å². The molecule has 2 aromatic carbocycles. The highest BCUT2D eigenvalue weighted by molar-refractivity contribution is 7.16. The van der Waals surface area contributed by atoms with Crippen LogP contribution >= 0.6 is 11.3 Å². The largest absolute Gasteiger partial charge is 0.379 e. The zero-order valence-corrected chi connectivity index (χ0v) is 18.1. The second-order valence-electron chi connectivity index (χ2n) is 7.22. The Balaban J connectivity index is 1.50. The number of nitrogens with one attached hydrogen (secondary N) is 1. The van der Waals surface area contributed by atoms with Crippen LogP contribution < -0.4 is 5.32 Å². The van der Waals surface area contributed by atoms with E-state index >= 15 is 0 Å². The molecule has 0 aliphatic carbocycles. The van der Waals surface area contributed by atoms with Gasteiger partial charge in [-0.2, -0.15) is 0 Å². The Labute approximate surface area is 189 Å². The van der Waals surface area contributed by atoms with Crippen molar-refractivity contribution >= 4 is 34.1 Å². The van der Waals surface area contributed by atoms with Gasteiger partial charge in [-0.15, -0.1) is 0 Å². The molecule has 0 saturated carbocycles. The molecule has 0 atom stereocenters. The number of benzene rings is 2. The van der Waals surface area contributed by atoms with Crippen molar-refractivity contribution in [3.63, 3.8) is 0 Å². The number of hydrogen-bond donors (Lipinski definition) is 1. The van der Waals surface area contributed by atoms with Crippen LogP contribution in [0.5, 0.6) is 0 Å². The van der Waals surface area contributed by atoms with Crippen molar-refractivity contribution in [1.29, 1.82) is 0 Å². The molecule has 1 N–H and O–H groups in total. The SMILES string of the molecule is O=C(/C=C/c1cccc([N+](=O)[O-])c1)Nc1nc(-c2ccccc2)c(CN2CCOCC2)s1. The van der Waals surface area contributed by atoms with Crippen LogP contribution in [0, 0.1) is 10.1 Å². The van der Waals surface area contributed by atoms with Crippen molar-refractivity contribution in [3.05, 3.63) is 81.2 Å². The van der Waals surface area contributed by atoms with Gasteiger partial charge < -0.3 is 4.74 Å².